The topological polar surface area (TPSA) is 46.3 Å². The molecule has 0 heterocycles. The second kappa shape index (κ2) is 7.61. The number of halogens is 3. The molecule has 6 heteroatoms. The van der Waals surface area contributed by atoms with Crippen LogP contribution in [0.2, 0.25) is 0 Å². The van der Waals surface area contributed by atoms with E-state index in [4.69, 9.17) is 5.73 Å². The fourth-order valence-corrected chi connectivity index (χ4v) is 1.54. The quantitative estimate of drug-likeness (QED) is 0.771. The molecule has 0 bridgehead atoms. The van der Waals surface area contributed by atoms with Crippen molar-refractivity contribution >= 4 is 5.91 Å². The van der Waals surface area contributed by atoms with E-state index in [-0.39, 0.29) is 12.5 Å². The molecule has 0 aromatic heterocycles. The molecular weight excluding hydrogens is 245 g/mol. The zero-order valence-corrected chi connectivity index (χ0v) is 11.3. The van der Waals surface area contributed by atoms with Gasteiger partial charge in [0.2, 0.25) is 5.91 Å². The Morgan fingerprint density at radius 1 is 1.33 bits per heavy atom. The highest BCUT2D eigenvalue weighted by molar-refractivity contribution is 5.82. The second-order valence-electron chi connectivity index (χ2n) is 4.64. The third-order valence-corrected chi connectivity index (χ3v) is 3.01. The van der Waals surface area contributed by atoms with Crippen molar-refractivity contribution in [3.63, 3.8) is 0 Å². The first-order chi connectivity index (χ1) is 8.22. The van der Waals surface area contributed by atoms with Gasteiger partial charge in [0.25, 0.3) is 0 Å². The molecule has 3 nitrogen and oxygen atoms in total. The van der Waals surface area contributed by atoms with Crippen LogP contribution in [-0.2, 0) is 4.79 Å². The molecule has 0 aliphatic heterocycles. The van der Waals surface area contributed by atoms with Crippen LogP contribution in [0.25, 0.3) is 0 Å². The highest BCUT2D eigenvalue weighted by Crippen LogP contribution is 2.18. The number of nitrogens with two attached hydrogens (primary N) is 1. The number of alkyl halides is 3. The maximum Gasteiger partial charge on any atom is 0.406 e. The van der Waals surface area contributed by atoms with Gasteiger partial charge < -0.3 is 10.6 Å². The molecule has 0 aliphatic carbocycles. The van der Waals surface area contributed by atoms with Crippen LogP contribution in [0.5, 0.6) is 0 Å². The average Bonchev–Trinajstić information content (AvgIpc) is 2.30. The van der Waals surface area contributed by atoms with E-state index in [9.17, 15) is 18.0 Å². The third-order valence-electron chi connectivity index (χ3n) is 3.01. The van der Waals surface area contributed by atoms with E-state index in [2.05, 4.69) is 0 Å². The zero-order valence-electron chi connectivity index (χ0n) is 11.3. The van der Waals surface area contributed by atoms with E-state index in [1.165, 1.54) is 0 Å². The molecular formula is C12H23F3N2O. The van der Waals surface area contributed by atoms with E-state index in [1.54, 1.807) is 6.92 Å². The molecule has 0 fully saturated rings. The van der Waals surface area contributed by atoms with Crippen LogP contribution >= 0.6 is 0 Å². The number of amides is 1. The Morgan fingerprint density at radius 3 is 2.28 bits per heavy atom. The van der Waals surface area contributed by atoms with Gasteiger partial charge in [-0.25, -0.2) is 0 Å². The highest BCUT2D eigenvalue weighted by Gasteiger charge is 2.35. The smallest absolute Gasteiger partial charge is 0.332 e. The summed E-state index contributed by atoms with van der Waals surface area (Å²) >= 11 is 0. The summed E-state index contributed by atoms with van der Waals surface area (Å²) in [5.41, 5.74) is 5.70. The number of rotatable bonds is 7. The Kier molecular flexibility index (Phi) is 7.28. The summed E-state index contributed by atoms with van der Waals surface area (Å²) < 4.78 is 37.2. The van der Waals surface area contributed by atoms with Crippen LogP contribution in [0.15, 0.2) is 0 Å². The molecule has 0 aromatic rings. The average molecular weight is 268 g/mol. The van der Waals surface area contributed by atoms with Gasteiger partial charge in [0.05, 0.1) is 6.04 Å². The first-order valence-electron chi connectivity index (χ1n) is 6.34. The molecule has 18 heavy (non-hydrogen) atoms. The SMILES string of the molecule is CCCCN(CC(F)(F)F)C(=O)[C@@H](N)C(C)CC. The summed E-state index contributed by atoms with van der Waals surface area (Å²) in [4.78, 5) is 12.8. The number of hydrogen-bond donors (Lipinski definition) is 1. The molecule has 2 N–H and O–H groups in total. The van der Waals surface area contributed by atoms with Crippen molar-refractivity contribution in [1.82, 2.24) is 4.90 Å². The monoisotopic (exact) mass is 268 g/mol. The van der Waals surface area contributed by atoms with Crippen LogP contribution in [0, 0.1) is 5.92 Å². The maximum absolute atomic E-state index is 12.4. The van der Waals surface area contributed by atoms with Crippen LogP contribution in [0.4, 0.5) is 13.2 Å². The molecule has 0 radical (unpaired) electrons. The predicted octanol–water partition coefficient (Wildman–Crippen LogP) is 2.55. The van der Waals surface area contributed by atoms with Gasteiger partial charge in [-0.3, -0.25) is 4.79 Å². The molecule has 108 valence electrons. The Hall–Kier alpha value is -0.780. The van der Waals surface area contributed by atoms with E-state index in [0.717, 1.165) is 11.3 Å². The number of carbonyl (C=O) groups excluding carboxylic acids is 1. The van der Waals surface area contributed by atoms with E-state index in [0.29, 0.717) is 12.8 Å². The van der Waals surface area contributed by atoms with Crippen molar-refractivity contribution in [1.29, 1.82) is 0 Å². The van der Waals surface area contributed by atoms with Gasteiger partial charge in [0.1, 0.15) is 6.54 Å². The number of hydrogen-bond acceptors (Lipinski definition) is 2. The Labute approximate surface area is 107 Å². The summed E-state index contributed by atoms with van der Waals surface area (Å²) in [5.74, 6) is -0.718. The van der Waals surface area contributed by atoms with Gasteiger partial charge in [-0.05, 0) is 12.3 Å². The normalized spacial score (nSPS) is 15.3. The highest BCUT2D eigenvalue weighted by atomic mass is 19.4. The zero-order chi connectivity index (χ0) is 14.3. The van der Waals surface area contributed by atoms with Crippen LogP contribution in [-0.4, -0.2) is 36.1 Å². The molecule has 0 saturated carbocycles. The maximum atomic E-state index is 12.4. The van der Waals surface area contributed by atoms with Crippen molar-refractivity contribution in [3.05, 3.63) is 0 Å². The van der Waals surface area contributed by atoms with Crippen molar-refractivity contribution in [2.45, 2.75) is 52.3 Å². The van der Waals surface area contributed by atoms with Crippen molar-refractivity contribution < 1.29 is 18.0 Å². The Morgan fingerprint density at radius 2 is 1.89 bits per heavy atom. The fourth-order valence-electron chi connectivity index (χ4n) is 1.54. The molecule has 1 unspecified atom stereocenters. The van der Waals surface area contributed by atoms with Crippen LogP contribution in [0.1, 0.15) is 40.0 Å². The van der Waals surface area contributed by atoms with Gasteiger partial charge in [0, 0.05) is 6.54 Å². The van der Waals surface area contributed by atoms with Crippen molar-refractivity contribution in [2.24, 2.45) is 11.7 Å². The lowest BCUT2D eigenvalue weighted by Gasteiger charge is -2.28. The summed E-state index contributed by atoms with van der Waals surface area (Å²) in [6.45, 7) is 4.39. The molecule has 0 saturated heterocycles. The molecule has 0 aromatic carbocycles. The summed E-state index contributed by atoms with van der Waals surface area (Å²) in [6.07, 6.45) is -2.42. The van der Waals surface area contributed by atoms with Gasteiger partial charge in [0.15, 0.2) is 0 Å². The Bertz CT molecular complexity index is 256. The molecule has 2 atom stereocenters. The largest absolute Gasteiger partial charge is 0.406 e. The summed E-state index contributed by atoms with van der Waals surface area (Å²) in [6, 6.07) is -0.853. The van der Waals surface area contributed by atoms with Crippen molar-refractivity contribution in [2.75, 3.05) is 13.1 Å². The van der Waals surface area contributed by atoms with Gasteiger partial charge in [-0.2, -0.15) is 13.2 Å². The molecule has 0 aliphatic rings. The lowest BCUT2D eigenvalue weighted by molar-refractivity contribution is -0.162. The van der Waals surface area contributed by atoms with E-state index < -0.39 is 24.7 Å². The number of nitrogens with zero attached hydrogens (tertiary/aromatic N) is 1. The first kappa shape index (κ1) is 17.2. The first-order valence-corrected chi connectivity index (χ1v) is 6.34. The van der Waals surface area contributed by atoms with Crippen LogP contribution < -0.4 is 5.73 Å². The lowest BCUT2D eigenvalue weighted by Crippen LogP contribution is -2.50. The van der Waals surface area contributed by atoms with E-state index >= 15 is 0 Å². The summed E-state index contributed by atoms with van der Waals surface area (Å²) in [7, 11) is 0. The predicted molar refractivity (Wildman–Crippen MR) is 65.0 cm³/mol. The number of unbranched alkanes of at least 4 members (excludes halogenated alkanes) is 1. The third kappa shape index (κ3) is 6.23. The molecule has 0 spiro atoms. The fraction of sp³-hybridized carbons (Fsp3) is 0.917. The Balaban J connectivity index is 4.68. The minimum absolute atomic E-state index is 0.110. The van der Waals surface area contributed by atoms with Crippen molar-refractivity contribution in [3.8, 4) is 0 Å². The standard InChI is InChI=1S/C12H23F3N2O/c1-4-6-7-17(8-12(13,14)15)11(18)10(16)9(3)5-2/h9-10H,4-8,16H2,1-3H3/t9?,10-/m0/s1. The van der Waals surface area contributed by atoms with Gasteiger partial charge in [-0.1, -0.05) is 33.6 Å². The van der Waals surface area contributed by atoms with Gasteiger partial charge >= 0.3 is 6.18 Å². The van der Waals surface area contributed by atoms with E-state index in [1.807, 2.05) is 13.8 Å². The minimum Gasteiger partial charge on any atom is -0.332 e. The molecule has 1 amide bonds. The van der Waals surface area contributed by atoms with Gasteiger partial charge in [-0.15, -0.1) is 0 Å². The summed E-state index contributed by atoms with van der Waals surface area (Å²) in [5, 5.41) is 0. The second-order valence-corrected chi connectivity index (χ2v) is 4.64. The lowest BCUT2D eigenvalue weighted by atomic mass is 9.99. The molecule has 0 rings (SSSR count). The minimum atomic E-state index is -4.38. The number of carbonyl (C=O) groups is 1. The van der Waals surface area contributed by atoms with Crippen LogP contribution in [0.3, 0.4) is 0 Å².